The van der Waals surface area contributed by atoms with E-state index in [2.05, 4.69) is 20.9 Å². The van der Waals surface area contributed by atoms with Gasteiger partial charge in [-0.3, -0.25) is 28.9 Å². The molecule has 0 spiro atoms. The first kappa shape index (κ1) is 55.9. The number of aryl methyl sites for hydroxylation is 2. The molecule has 0 radical (unpaired) electrons. The number of fused-ring (bicyclic) bond motifs is 7. The highest BCUT2D eigenvalue weighted by Crippen LogP contribution is 2.45. The highest BCUT2D eigenvalue weighted by Gasteiger charge is 2.37. The zero-order valence-electron chi connectivity index (χ0n) is 46.3. The number of amides is 5. The molecule has 1 saturated heterocycles. The number of nitrogens with zero attached hydrogens (tertiary/aromatic N) is 5. The fourth-order valence-corrected chi connectivity index (χ4v) is 15.8. The number of aromatic nitrogens is 2. The van der Waals surface area contributed by atoms with Crippen molar-refractivity contribution in [3.05, 3.63) is 206 Å². The normalized spacial score (nSPS) is 16.6. The number of hydrogen-bond acceptors (Lipinski definition) is 13. The van der Waals surface area contributed by atoms with Crippen molar-refractivity contribution < 1.29 is 41.2 Å². The van der Waals surface area contributed by atoms with E-state index in [1.165, 1.54) is 45.8 Å². The number of nitrogens with two attached hydrogens (primary N) is 1. The number of benzene rings is 5. The van der Waals surface area contributed by atoms with Gasteiger partial charge in [-0.05, 0) is 157 Å². The SMILES string of the molecule is Cc1cccc(F)c1NC(=O)c1cc2c(s1)-c1ccccc1N(C(=O)c1cccc(NC3CS(=O)(=O)c4ccc(-c5cc(C)c(NC(=O)c6cc7c(s6)-c6ccccc6N(C(=O)c6cccc(N8CCC[C@H](N)C8=O)n6)CC7)c(F)c5)cc43)n1)CC2. The molecule has 0 saturated carbocycles. The summed E-state index contributed by atoms with van der Waals surface area (Å²) in [6.45, 7) is 4.39. The third-order valence-corrected chi connectivity index (χ3v) is 20.3. The number of rotatable bonds is 10. The van der Waals surface area contributed by atoms with Crippen LogP contribution in [0, 0.1) is 25.5 Å². The molecule has 0 aliphatic carbocycles. The topological polar surface area (TPSA) is 217 Å². The molecule has 432 valence electrons. The number of sulfone groups is 1. The van der Waals surface area contributed by atoms with E-state index < -0.39 is 51.3 Å². The van der Waals surface area contributed by atoms with Crippen LogP contribution in [0.2, 0.25) is 0 Å². The van der Waals surface area contributed by atoms with Crippen molar-refractivity contribution in [2.24, 2.45) is 5.73 Å². The fourth-order valence-electron chi connectivity index (χ4n) is 11.8. The van der Waals surface area contributed by atoms with Crippen LogP contribution in [0.15, 0.2) is 150 Å². The Morgan fingerprint density at radius 2 is 1.22 bits per heavy atom. The number of carbonyl (C=O) groups excluding carboxylic acids is 5. The third kappa shape index (κ3) is 10.3. The summed E-state index contributed by atoms with van der Waals surface area (Å²) < 4.78 is 58.4. The van der Waals surface area contributed by atoms with Gasteiger partial charge in [0, 0.05) is 40.5 Å². The molecule has 13 rings (SSSR count). The fraction of sp³-hybridized carbons (Fsp3) is 0.185. The van der Waals surface area contributed by atoms with Gasteiger partial charge in [-0.25, -0.2) is 27.2 Å². The van der Waals surface area contributed by atoms with Crippen molar-refractivity contribution in [3.8, 4) is 32.0 Å². The predicted octanol–water partition coefficient (Wildman–Crippen LogP) is 11.8. The second-order valence-electron chi connectivity index (χ2n) is 21.6. The molecule has 2 atom stereocenters. The minimum atomic E-state index is -3.77. The van der Waals surface area contributed by atoms with Crippen molar-refractivity contribution in [3.63, 3.8) is 0 Å². The molecule has 21 heteroatoms. The first-order valence-corrected chi connectivity index (χ1v) is 31.2. The largest absolute Gasteiger partial charge is 0.362 e. The minimum Gasteiger partial charge on any atom is -0.362 e. The van der Waals surface area contributed by atoms with Crippen LogP contribution >= 0.6 is 22.7 Å². The van der Waals surface area contributed by atoms with E-state index in [4.69, 9.17) is 10.7 Å². The lowest BCUT2D eigenvalue weighted by Gasteiger charge is -2.30. The lowest BCUT2D eigenvalue weighted by atomic mass is 9.98. The van der Waals surface area contributed by atoms with Crippen LogP contribution in [0.1, 0.15) is 87.0 Å². The van der Waals surface area contributed by atoms with E-state index in [1.807, 2.05) is 48.5 Å². The molecule has 5 amide bonds. The van der Waals surface area contributed by atoms with Crippen LogP contribution in [0.5, 0.6) is 0 Å². The van der Waals surface area contributed by atoms with E-state index >= 15 is 4.39 Å². The Hall–Kier alpha value is -9.28. The predicted molar refractivity (Wildman–Crippen MR) is 330 cm³/mol. The molecular weight excluding hydrogens is 1150 g/mol. The molecule has 9 aromatic rings. The molecule has 5 aromatic carbocycles. The second kappa shape index (κ2) is 22.3. The van der Waals surface area contributed by atoms with E-state index in [9.17, 15) is 36.8 Å². The van der Waals surface area contributed by atoms with E-state index in [0.29, 0.717) is 80.6 Å². The van der Waals surface area contributed by atoms with Gasteiger partial charge >= 0.3 is 0 Å². The molecule has 4 aromatic heterocycles. The second-order valence-corrected chi connectivity index (χ2v) is 25.7. The molecule has 5 N–H and O–H groups in total. The zero-order chi connectivity index (χ0) is 59.7. The maximum atomic E-state index is 16.4. The van der Waals surface area contributed by atoms with Crippen LogP contribution in [-0.2, 0) is 27.5 Å². The summed E-state index contributed by atoms with van der Waals surface area (Å²) in [5.74, 6) is -2.82. The lowest BCUT2D eigenvalue weighted by Crippen LogP contribution is -2.49. The number of halogens is 2. The van der Waals surface area contributed by atoms with Gasteiger partial charge in [0.15, 0.2) is 9.84 Å². The van der Waals surface area contributed by atoms with Gasteiger partial charge in [0.2, 0.25) is 5.91 Å². The first-order valence-electron chi connectivity index (χ1n) is 27.9. The first-order chi connectivity index (χ1) is 41.5. The van der Waals surface area contributed by atoms with Gasteiger partial charge < -0.3 is 31.5 Å². The summed E-state index contributed by atoms with van der Waals surface area (Å²) >= 11 is 2.51. The summed E-state index contributed by atoms with van der Waals surface area (Å²) in [4.78, 5) is 85.8. The zero-order valence-corrected chi connectivity index (χ0v) is 48.8. The Morgan fingerprint density at radius 1 is 0.628 bits per heavy atom. The van der Waals surface area contributed by atoms with Crippen LogP contribution in [0.4, 0.5) is 43.2 Å². The van der Waals surface area contributed by atoms with Crippen LogP contribution < -0.4 is 36.4 Å². The van der Waals surface area contributed by atoms with Crippen molar-refractivity contribution in [1.29, 1.82) is 0 Å². The Kier molecular flexibility index (Phi) is 14.5. The van der Waals surface area contributed by atoms with Gasteiger partial charge in [0.25, 0.3) is 23.6 Å². The summed E-state index contributed by atoms with van der Waals surface area (Å²) in [5.41, 5.74) is 13.3. The maximum Gasteiger partial charge on any atom is 0.276 e. The summed E-state index contributed by atoms with van der Waals surface area (Å²) in [6, 6.07) is 39.4. The maximum absolute atomic E-state index is 16.4. The summed E-state index contributed by atoms with van der Waals surface area (Å²) in [5, 5.41) is 8.78. The molecule has 86 heavy (non-hydrogen) atoms. The van der Waals surface area contributed by atoms with E-state index in [-0.39, 0.29) is 64.1 Å². The number of carbonyl (C=O) groups is 5. The van der Waals surface area contributed by atoms with Gasteiger partial charge in [-0.15, -0.1) is 22.7 Å². The van der Waals surface area contributed by atoms with Crippen molar-refractivity contribution in [2.75, 3.05) is 56.0 Å². The number of anilines is 6. The van der Waals surface area contributed by atoms with Crippen molar-refractivity contribution in [1.82, 2.24) is 9.97 Å². The highest BCUT2D eigenvalue weighted by atomic mass is 32.2. The average Bonchev–Trinajstić information content (AvgIpc) is 3.64. The number of pyridine rings is 2. The number of thiophene rings is 2. The smallest absolute Gasteiger partial charge is 0.276 e. The molecular formula is C65H53F2N9O7S3. The van der Waals surface area contributed by atoms with Crippen molar-refractivity contribution in [2.45, 2.75) is 56.5 Å². The van der Waals surface area contributed by atoms with Gasteiger partial charge in [-0.2, -0.15) is 0 Å². The number of para-hydroxylation sites is 3. The monoisotopic (exact) mass is 1210 g/mol. The number of hydrogen-bond donors (Lipinski definition) is 4. The van der Waals surface area contributed by atoms with Gasteiger partial charge in [0.05, 0.1) is 55.2 Å². The van der Waals surface area contributed by atoms with Crippen LogP contribution in [0.3, 0.4) is 0 Å². The summed E-state index contributed by atoms with van der Waals surface area (Å²) in [6.07, 6.45) is 2.13. The Morgan fingerprint density at radius 3 is 1.85 bits per heavy atom. The third-order valence-electron chi connectivity index (χ3n) is 16.1. The molecule has 0 bridgehead atoms. The quantitative estimate of drug-likeness (QED) is 0.101. The van der Waals surface area contributed by atoms with Gasteiger partial charge in [-0.1, -0.05) is 66.7 Å². The molecule has 4 aliphatic rings. The Bertz CT molecular complexity index is 4410. The van der Waals surface area contributed by atoms with Crippen LogP contribution in [0.25, 0.3) is 32.0 Å². The molecule has 1 fully saturated rings. The van der Waals surface area contributed by atoms with E-state index in [1.54, 1.807) is 103 Å². The lowest BCUT2D eigenvalue weighted by molar-refractivity contribution is -0.120. The molecule has 16 nitrogen and oxygen atoms in total. The number of piperidine rings is 1. The summed E-state index contributed by atoms with van der Waals surface area (Å²) in [7, 11) is -3.77. The van der Waals surface area contributed by atoms with Gasteiger partial charge in [0.1, 0.15) is 34.7 Å². The molecule has 1 unspecified atom stereocenters. The highest BCUT2D eigenvalue weighted by molar-refractivity contribution is 7.91. The molecule has 8 heterocycles. The standard InChI is InChI=1S/C65H53F2N9O7S3/c1-35-11-7-14-44(66)57(35)72-61(77)52-32-38-24-27-74(50-18-5-3-12-41(50)59(38)84-52)64(80)47-16-8-20-55(69-47)70-49-34-86(82,83)54-23-22-37(30-43(49)54)40-29-36(2)58(45(67)31-40)73-62(78)53-33-39-25-28-75(51-19-6-4-13-42(51)60(39)85-53)65(81)48-17-9-21-56(71-48)76-26-10-15-46(68)63(76)79/h3-9,11-14,16-23,29-33,46,49H,10,15,24-28,34,68H2,1-2H3,(H,69,70)(H,72,77)(H,73,78)/t46-,49?/m0/s1. The average molecular weight is 1210 g/mol. The van der Waals surface area contributed by atoms with Crippen molar-refractivity contribution >= 4 is 96.4 Å². The van der Waals surface area contributed by atoms with E-state index in [0.717, 1.165) is 38.4 Å². The Labute approximate surface area is 501 Å². The molecule has 4 aliphatic heterocycles. The number of nitrogens with one attached hydrogen (secondary N) is 3. The van der Waals surface area contributed by atoms with Crippen LogP contribution in [-0.4, -0.2) is 79.4 Å². The minimum absolute atomic E-state index is 0.0161. The Balaban J connectivity index is 0.702.